The maximum atomic E-state index is 3.37. The van der Waals surface area contributed by atoms with Gasteiger partial charge >= 0.3 is 0 Å². The maximum absolute atomic E-state index is 3.37. The quantitative estimate of drug-likeness (QED) is 0.841. The molecule has 3 rings (SSSR count). The molecule has 0 bridgehead atoms. The van der Waals surface area contributed by atoms with E-state index in [2.05, 4.69) is 36.6 Å². The minimum absolute atomic E-state index is 0.803. The number of nitrogens with one attached hydrogen (secondary N) is 1. The number of hydrogen-bond donors (Lipinski definition) is 1. The Morgan fingerprint density at radius 3 is 2.56 bits per heavy atom. The van der Waals surface area contributed by atoms with Gasteiger partial charge < -0.3 is 5.32 Å². The van der Waals surface area contributed by atoms with Gasteiger partial charge in [0.25, 0.3) is 0 Å². The largest absolute Gasteiger partial charge is 0.319 e. The second kappa shape index (κ2) is 5.44. The lowest BCUT2D eigenvalue weighted by atomic mass is 9.78. The second-order valence-electron chi connectivity index (χ2n) is 6.15. The molecule has 98 valence electrons. The average molecular weight is 243 g/mol. The zero-order valence-electron chi connectivity index (χ0n) is 11.5. The highest BCUT2D eigenvalue weighted by atomic mass is 14.8. The minimum atomic E-state index is 0.803. The van der Waals surface area contributed by atoms with E-state index in [0.717, 1.165) is 17.8 Å². The zero-order chi connectivity index (χ0) is 12.4. The summed E-state index contributed by atoms with van der Waals surface area (Å²) in [6.45, 7) is 1.18. The Bertz CT molecular complexity index is 394. The molecule has 0 aliphatic heterocycles. The summed E-state index contributed by atoms with van der Waals surface area (Å²) in [5, 5.41) is 3.37. The molecule has 2 fully saturated rings. The van der Waals surface area contributed by atoms with Crippen LogP contribution >= 0.6 is 0 Å². The van der Waals surface area contributed by atoms with Crippen molar-refractivity contribution in [2.24, 2.45) is 5.92 Å². The molecule has 2 saturated carbocycles. The summed E-state index contributed by atoms with van der Waals surface area (Å²) in [5.41, 5.74) is 3.21. The van der Waals surface area contributed by atoms with Crippen molar-refractivity contribution in [3.8, 4) is 0 Å². The molecule has 1 N–H and O–H groups in total. The summed E-state index contributed by atoms with van der Waals surface area (Å²) in [7, 11) is 2.08. The molecule has 0 heterocycles. The molecular weight excluding hydrogens is 218 g/mol. The van der Waals surface area contributed by atoms with Gasteiger partial charge in [-0.3, -0.25) is 0 Å². The van der Waals surface area contributed by atoms with E-state index in [1.54, 1.807) is 11.1 Å². The lowest BCUT2D eigenvalue weighted by Gasteiger charge is -2.27. The molecule has 18 heavy (non-hydrogen) atoms. The number of benzene rings is 1. The van der Waals surface area contributed by atoms with E-state index < -0.39 is 0 Å². The van der Waals surface area contributed by atoms with Gasteiger partial charge in [0.2, 0.25) is 0 Å². The van der Waals surface area contributed by atoms with Gasteiger partial charge in [0.15, 0.2) is 0 Å². The van der Waals surface area contributed by atoms with Gasteiger partial charge in [0.05, 0.1) is 0 Å². The molecule has 1 heteroatoms. The Morgan fingerprint density at radius 1 is 1.06 bits per heavy atom. The maximum Gasteiger partial charge on any atom is -0.00177 e. The van der Waals surface area contributed by atoms with E-state index in [1.165, 1.54) is 45.1 Å². The first-order chi connectivity index (χ1) is 8.88. The van der Waals surface area contributed by atoms with E-state index in [1.807, 2.05) is 0 Å². The SMILES string of the molecule is CNCC1CCCC1c1cccc(C2CCC2)c1. The number of rotatable bonds is 4. The molecule has 0 saturated heterocycles. The standard InChI is InChI=1S/C17H25N/c1-18-12-16-9-4-10-17(16)15-8-3-7-14(11-15)13-5-2-6-13/h3,7-8,11,13,16-18H,2,4-6,9-10,12H2,1H3. The summed E-state index contributed by atoms with van der Waals surface area (Å²) in [5.74, 6) is 2.53. The molecular formula is C17H25N. The van der Waals surface area contributed by atoms with Crippen molar-refractivity contribution in [3.63, 3.8) is 0 Å². The fraction of sp³-hybridized carbons (Fsp3) is 0.647. The van der Waals surface area contributed by atoms with Crippen molar-refractivity contribution >= 4 is 0 Å². The van der Waals surface area contributed by atoms with Crippen LogP contribution in [0.3, 0.4) is 0 Å². The molecule has 0 amide bonds. The lowest BCUT2D eigenvalue weighted by Crippen LogP contribution is -2.21. The molecule has 2 atom stereocenters. The first kappa shape index (κ1) is 12.2. The Morgan fingerprint density at radius 2 is 1.83 bits per heavy atom. The summed E-state index contributed by atoms with van der Waals surface area (Å²) >= 11 is 0. The average Bonchev–Trinajstić information content (AvgIpc) is 2.76. The van der Waals surface area contributed by atoms with Crippen molar-refractivity contribution in [1.82, 2.24) is 5.32 Å². The minimum Gasteiger partial charge on any atom is -0.319 e. The predicted molar refractivity (Wildman–Crippen MR) is 77.0 cm³/mol. The highest BCUT2D eigenvalue weighted by molar-refractivity contribution is 5.31. The Balaban J connectivity index is 1.78. The molecule has 0 radical (unpaired) electrons. The molecule has 2 aliphatic carbocycles. The van der Waals surface area contributed by atoms with E-state index in [-0.39, 0.29) is 0 Å². The van der Waals surface area contributed by atoms with Gasteiger partial charge in [0.1, 0.15) is 0 Å². The molecule has 2 unspecified atom stereocenters. The molecule has 1 aromatic rings. The Hall–Kier alpha value is -0.820. The van der Waals surface area contributed by atoms with E-state index in [0.29, 0.717) is 0 Å². The summed E-state index contributed by atoms with van der Waals surface area (Å²) in [4.78, 5) is 0. The number of hydrogen-bond acceptors (Lipinski definition) is 1. The van der Waals surface area contributed by atoms with Gasteiger partial charge in [-0.25, -0.2) is 0 Å². The van der Waals surface area contributed by atoms with E-state index in [9.17, 15) is 0 Å². The fourth-order valence-electron chi connectivity index (χ4n) is 3.77. The van der Waals surface area contributed by atoms with Crippen LogP contribution in [0, 0.1) is 5.92 Å². The van der Waals surface area contributed by atoms with Crippen LogP contribution in [0.4, 0.5) is 0 Å². The third-order valence-corrected chi connectivity index (χ3v) is 5.04. The predicted octanol–water partition coefficient (Wildman–Crippen LogP) is 4.06. The van der Waals surface area contributed by atoms with Crippen molar-refractivity contribution in [3.05, 3.63) is 35.4 Å². The van der Waals surface area contributed by atoms with Crippen LogP contribution in [-0.2, 0) is 0 Å². The summed E-state index contributed by atoms with van der Waals surface area (Å²) in [6.07, 6.45) is 8.45. The summed E-state index contributed by atoms with van der Waals surface area (Å²) < 4.78 is 0. The van der Waals surface area contributed by atoms with Crippen LogP contribution in [0.1, 0.15) is 61.5 Å². The third-order valence-electron chi connectivity index (χ3n) is 5.04. The van der Waals surface area contributed by atoms with E-state index >= 15 is 0 Å². The monoisotopic (exact) mass is 243 g/mol. The zero-order valence-corrected chi connectivity index (χ0v) is 11.5. The molecule has 0 aromatic heterocycles. The van der Waals surface area contributed by atoms with Crippen molar-refractivity contribution in [1.29, 1.82) is 0 Å². The van der Waals surface area contributed by atoms with Gasteiger partial charge in [0, 0.05) is 0 Å². The Kier molecular flexibility index (Phi) is 3.69. The summed E-state index contributed by atoms with van der Waals surface area (Å²) in [6, 6.07) is 9.51. The third kappa shape index (κ3) is 2.33. The highest BCUT2D eigenvalue weighted by Crippen LogP contribution is 2.42. The van der Waals surface area contributed by atoms with Crippen LogP contribution < -0.4 is 5.32 Å². The topological polar surface area (TPSA) is 12.0 Å². The van der Waals surface area contributed by atoms with Gasteiger partial charge in [-0.1, -0.05) is 37.1 Å². The molecule has 1 nitrogen and oxygen atoms in total. The fourth-order valence-corrected chi connectivity index (χ4v) is 3.77. The normalized spacial score (nSPS) is 28.3. The van der Waals surface area contributed by atoms with Crippen LogP contribution in [0.5, 0.6) is 0 Å². The van der Waals surface area contributed by atoms with Crippen LogP contribution in [-0.4, -0.2) is 13.6 Å². The Labute approximate surface area is 111 Å². The van der Waals surface area contributed by atoms with Crippen LogP contribution in [0.25, 0.3) is 0 Å². The van der Waals surface area contributed by atoms with Crippen molar-refractivity contribution in [2.75, 3.05) is 13.6 Å². The van der Waals surface area contributed by atoms with Gasteiger partial charge in [-0.05, 0) is 68.2 Å². The molecule has 1 aromatic carbocycles. The smallest absolute Gasteiger partial charge is 0.00177 e. The molecule has 0 spiro atoms. The first-order valence-corrected chi connectivity index (χ1v) is 7.63. The van der Waals surface area contributed by atoms with Crippen molar-refractivity contribution in [2.45, 2.75) is 50.4 Å². The lowest BCUT2D eigenvalue weighted by molar-refractivity contribution is 0.418. The molecule has 2 aliphatic rings. The van der Waals surface area contributed by atoms with Gasteiger partial charge in [-0.2, -0.15) is 0 Å². The van der Waals surface area contributed by atoms with Crippen LogP contribution in [0.15, 0.2) is 24.3 Å². The van der Waals surface area contributed by atoms with E-state index in [4.69, 9.17) is 0 Å². The van der Waals surface area contributed by atoms with Crippen LogP contribution in [0.2, 0.25) is 0 Å². The second-order valence-corrected chi connectivity index (χ2v) is 6.15. The highest BCUT2D eigenvalue weighted by Gasteiger charge is 2.28. The van der Waals surface area contributed by atoms with Crippen molar-refractivity contribution < 1.29 is 0 Å². The first-order valence-electron chi connectivity index (χ1n) is 7.63. The van der Waals surface area contributed by atoms with Gasteiger partial charge in [-0.15, -0.1) is 0 Å².